The van der Waals surface area contributed by atoms with Crippen molar-refractivity contribution in [3.63, 3.8) is 0 Å². The molecule has 35 heavy (non-hydrogen) atoms. The first-order valence-electron chi connectivity index (χ1n) is 10.8. The van der Waals surface area contributed by atoms with Crippen molar-refractivity contribution in [2.45, 2.75) is 18.7 Å². The molecule has 0 fully saturated rings. The van der Waals surface area contributed by atoms with E-state index in [1.165, 1.54) is 12.1 Å². The Labute approximate surface area is 202 Å². The van der Waals surface area contributed by atoms with Crippen molar-refractivity contribution >= 4 is 32.5 Å². The van der Waals surface area contributed by atoms with Gasteiger partial charge in [-0.25, -0.2) is 18.4 Å². The Hall–Kier alpha value is -3.95. The normalized spacial score (nSPS) is 11.4. The van der Waals surface area contributed by atoms with Gasteiger partial charge in [0.05, 0.1) is 4.90 Å². The smallest absolute Gasteiger partial charge is 0.344 e. The monoisotopic (exact) mass is 492 g/mol. The molecule has 0 unspecified atom stereocenters. The second-order valence-corrected chi connectivity index (χ2v) is 9.57. The van der Waals surface area contributed by atoms with Gasteiger partial charge in [0.15, 0.2) is 13.2 Å². The molecule has 4 rings (SSSR count). The van der Waals surface area contributed by atoms with E-state index < -0.39 is 22.6 Å². The van der Waals surface area contributed by atoms with Crippen LogP contribution in [0, 0.1) is 13.8 Å². The SMILES string of the molecule is Cc1cc(C(=O)COC(=O)COc2cccc3ccccc23)c(C)n1-c1ccc(S(N)(=O)=O)cc1. The second-order valence-electron chi connectivity index (χ2n) is 8.01. The molecule has 0 bridgehead atoms. The van der Waals surface area contributed by atoms with Crippen molar-refractivity contribution in [2.75, 3.05) is 13.2 Å². The number of rotatable bonds is 8. The lowest BCUT2D eigenvalue weighted by atomic mass is 10.1. The summed E-state index contributed by atoms with van der Waals surface area (Å²) in [6.07, 6.45) is 0. The Balaban J connectivity index is 1.41. The predicted molar refractivity (Wildman–Crippen MR) is 131 cm³/mol. The molecule has 4 aromatic rings. The molecule has 8 nitrogen and oxygen atoms in total. The first kappa shape index (κ1) is 24.2. The third-order valence-corrected chi connectivity index (χ3v) is 6.54. The highest BCUT2D eigenvalue weighted by Gasteiger charge is 2.19. The minimum atomic E-state index is -3.80. The Bertz CT molecular complexity index is 1520. The van der Waals surface area contributed by atoms with Crippen LogP contribution in [-0.4, -0.2) is 38.0 Å². The van der Waals surface area contributed by atoms with E-state index in [4.69, 9.17) is 14.6 Å². The molecule has 1 aromatic heterocycles. The summed E-state index contributed by atoms with van der Waals surface area (Å²) < 4.78 is 35.6. The number of primary sulfonamides is 1. The summed E-state index contributed by atoms with van der Waals surface area (Å²) in [6.45, 7) is 2.84. The van der Waals surface area contributed by atoms with Crippen LogP contribution in [-0.2, 0) is 19.6 Å². The number of nitrogens with two attached hydrogens (primary N) is 1. The fourth-order valence-electron chi connectivity index (χ4n) is 3.95. The number of aromatic nitrogens is 1. The number of benzene rings is 3. The van der Waals surface area contributed by atoms with Gasteiger partial charge in [0.1, 0.15) is 5.75 Å². The van der Waals surface area contributed by atoms with Gasteiger partial charge in [-0.05, 0) is 55.6 Å². The Kier molecular flexibility index (Phi) is 6.72. The number of ketones is 1. The molecular formula is C26H24N2O6S. The Morgan fingerprint density at radius 3 is 2.31 bits per heavy atom. The van der Waals surface area contributed by atoms with E-state index in [1.807, 2.05) is 47.9 Å². The number of ether oxygens (including phenoxy) is 2. The summed E-state index contributed by atoms with van der Waals surface area (Å²) in [5, 5.41) is 7.02. The third-order valence-electron chi connectivity index (χ3n) is 5.61. The van der Waals surface area contributed by atoms with Crippen LogP contribution >= 0.6 is 0 Å². The summed E-state index contributed by atoms with van der Waals surface area (Å²) in [6, 6.07) is 20.9. The van der Waals surface area contributed by atoms with Crippen molar-refractivity contribution in [3.05, 3.63) is 89.7 Å². The number of hydrogen-bond acceptors (Lipinski definition) is 6. The molecule has 1 heterocycles. The molecule has 9 heteroatoms. The highest BCUT2D eigenvalue weighted by atomic mass is 32.2. The highest BCUT2D eigenvalue weighted by Crippen LogP contribution is 2.25. The van der Waals surface area contributed by atoms with E-state index in [2.05, 4.69) is 0 Å². The first-order valence-corrected chi connectivity index (χ1v) is 12.3. The largest absolute Gasteiger partial charge is 0.481 e. The van der Waals surface area contributed by atoms with E-state index in [1.54, 1.807) is 31.2 Å². The number of esters is 1. The van der Waals surface area contributed by atoms with E-state index in [0.717, 1.165) is 16.5 Å². The fraction of sp³-hybridized carbons (Fsp3) is 0.154. The topological polar surface area (TPSA) is 118 Å². The quantitative estimate of drug-likeness (QED) is 0.296. The zero-order valence-corrected chi connectivity index (χ0v) is 20.0. The van der Waals surface area contributed by atoms with Crippen LogP contribution in [0.5, 0.6) is 5.75 Å². The molecule has 0 saturated heterocycles. The standard InChI is InChI=1S/C26H24N2O6S/c1-17-14-23(18(2)28(17)20-10-12-21(13-11-20)35(27,31)32)24(29)15-34-26(30)16-33-25-9-5-7-19-6-3-4-8-22(19)25/h3-14H,15-16H2,1-2H3,(H2,27,31,32). The maximum atomic E-state index is 12.8. The van der Waals surface area contributed by atoms with Crippen molar-refractivity contribution in [1.82, 2.24) is 4.57 Å². The van der Waals surface area contributed by atoms with Gasteiger partial charge in [-0.15, -0.1) is 0 Å². The molecule has 0 aliphatic carbocycles. The van der Waals surface area contributed by atoms with Crippen molar-refractivity contribution in [1.29, 1.82) is 0 Å². The number of aryl methyl sites for hydroxylation is 1. The lowest BCUT2D eigenvalue weighted by molar-refractivity contribution is -0.144. The van der Waals surface area contributed by atoms with Gasteiger partial charge in [-0.2, -0.15) is 0 Å². The molecule has 0 amide bonds. The number of sulfonamides is 1. The van der Waals surface area contributed by atoms with Gasteiger partial charge in [-0.1, -0.05) is 36.4 Å². The molecule has 0 radical (unpaired) electrons. The van der Waals surface area contributed by atoms with E-state index in [9.17, 15) is 18.0 Å². The minimum Gasteiger partial charge on any atom is -0.481 e. The van der Waals surface area contributed by atoms with Gasteiger partial charge in [0, 0.05) is 28.0 Å². The zero-order chi connectivity index (χ0) is 25.2. The summed E-state index contributed by atoms with van der Waals surface area (Å²) in [7, 11) is -3.80. The molecule has 0 atom stereocenters. The summed E-state index contributed by atoms with van der Waals surface area (Å²) in [5.74, 6) is -0.453. The van der Waals surface area contributed by atoms with Crippen LogP contribution in [0.4, 0.5) is 0 Å². The number of Topliss-reactive ketones (excluding diaryl/α,β-unsaturated/α-hetero) is 1. The lowest BCUT2D eigenvalue weighted by Gasteiger charge is -2.11. The summed E-state index contributed by atoms with van der Waals surface area (Å²) in [5.41, 5.74) is 2.48. The molecule has 2 N–H and O–H groups in total. The molecule has 0 spiro atoms. The van der Waals surface area contributed by atoms with Crippen molar-refractivity contribution in [2.24, 2.45) is 5.14 Å². The van der Waals surface area contributed by atoms with Crippen molar-refractivity contribution < 1.29 is 27.5 Å². The molecule has 180 valence electrons. The number of nitrogens with zero attached hydrogens (tertiary/aromatic N) is 1. The van der Waals surface area contributed by atoms with E-state index in [0.29, 0.717) is 22.7 Å². The molecule has 0 saturated carbocycles. The average molecular weight is 493 g/mol. The van der Waals surface area contributed by atoms with Crippen LogP contribution in [0.3, 0.4) is 0 Å². The second kappa shape index (κ2) is 9.73. The number of fused-ring (bicyclic) bond motifs is 1. The number of carbonyl (C=O) groups is 2. The average Bonchev–Trinajstić information content (AvgIpc) is 3.14. The van der Waals surface area contributed by atoms with Crippen LogP contribution in [0.2, 0.25) is 0 Å². The Morgan fingerprint density at radius 2 is 1.60 bits per heavy atom. The van der Waals surface area contributed by atoms with Gasteiger partial charge in [-0.3, -0.25) is 4.79 Å². The summed E-state index contributed by atoms with van der Waals surface area (Å²) >= 11 is 0. The highest BCUT2D eigenvalue weighted by molar-refractivity contribution is 7.89. The van der Waals surface area contributed by atoms with E-state index in [-0.39, 0.29) is 17.3 Å². The number of hydrogen-bond donors (Lipinski definition) is 1. The van der Waals surface area contributed by atoms with Crippen molar-refractivity contribution in [3.8, 4) is 11.4 Å². The van der Waals surface area contributed by atoms with Gasteiger partial charge in [0.25, 0.3) is 0 Å². The zero-order valence-electron chi connectivity index (χ0n) is 19.2. The molecule has 0 aliphatic heterocycles. The molecule has 0 aliphatic rings. The predicted octanol–water partition coefficient (Wildman–Crippen LogP) is 3.70. The van der Waals surface area contributed by atoms with E-state index >= 15 is 0 Å². The minimum absolute atomic E-state index is 0.00218. The van der Waals surface area contributed by atoms with Gasteiger partial charge in [0.2, 0.25) is 15.8 Å². The molecule has 3 aromatic carbocycles. The molecular weight excluding hydrogens is 468 g/mol. The van der Waals surface area contributed by atoms with Crippen LogP contribution in [0.25, 0.3) is 16.5 Å². The Morgan fingerprint density at radius 1 is 0.914 bits per heavy atom. The third kappa shape index (κ3) is 5.26. The van der Waals surface area contributed by atoms with Gasteiger partial charge >= 0.3 is 5.97 Å². The van der Waals surface area contributed by atoms with Gasteiger partial charge < -0.3 is 14.0 Å². The number of carbonyl (C=O) groups excluding carboxylic acids is 2. The fourth-order valence-corrected chi connectivity index (χ4v) is 4.47. The maximum absolute atomic E-state index is 12.8. The first-order chi connectivity index (χ1) is 16.6. The van der Waals surface area contributed by atoms with Crippen LogP contribution in [0.15, 0.2) is 77.7 Å². The van der Waals surface area contributed by atoms with Crippen LogP contribution < -0.4 is 9.88 Å². The summed E-state index contributed by atoms with van der Waals surface area (Å²) in [4.78, 5) is 25.0. The maximum Gasteiger partial charge on any atom is 0.344 e. The lowest BCUT2D eigenvalue weighted by Crippen LogP contribution is -2.20. The van der Waals surface area contributed by atoms with Crippen LogP contribution in [0.1, 0.15) is 21.7 Å².